The number of hydrogen-bond donors (Lipinski definition) is 1. The first kappa shape index (κ1) is 21.1. The van der Waals surface area contributed by atoms with Crippen molar-refractivity contribution in [3.8, 4) is 11.8 Å². The average Bonchev–Trinajstić information content (AvgIpc) is 2.79. The van der Waals surface area contributed by atoms with Gasteiger partial charge in [-0.1, -0.05) is 12.1 Å². The summed E-state index contributed by atoms with van der Waals surface area (Å²) in [5.41, 5.74) is 1.99. The summed E-state index contributed by atoms with van der Waals surface area (Å²) in [6, 6.07) is 16.0. The number of ether oxygens (including phenoxy) is 3. The highest BCUT2D eigenvalue weighted by Gasteiger charge is 2.19. The zero-order chi connectivity index (χ0) is 21.3. The third kappa shape index (κ3) is 5.72. The van der Waals surface area contributed by atoms with Crippen LogP contribution in [0.4, 0.5) is 11.4 Å². The zero-order valence-electron chi connectivity index (χ0n) is 16.7. The molecule has 1 saturated heterocycles. The number of nitriles is 1. The fraction of sp³-hybridized carbons (Fsp3) is 0.318. The summed E-state index contributed by atoms with van der Waals surface area (Å²) in [5, 5.41) is 11.8. The van der Waals surface area contributed by atoms with Crippen LogP contribution in [0.1, 0.15) is 12.5 Å². The molecule has 0 unspecified atom stereocenters. The number of anilines is 2. The van der Waals surface area contributed by atoms with Crippen molar-refractivity contribution in [3.63, 3.8) is 0 Å². The Labute approximate surface area is 174 Å². The normalized spacial score (nSPS) is 14.3. The lowest BCUT2D eigenvalue weighted by atomic mass is 10.2. The van der Waals surface area contributed by atoms with Gasteiger partial charge in [-0.2, -0.15) is 5.26 Å². The lowest BCUT2D eigenvalue weighted by Crippen LogP contribution is -2.36. The number of carbonyl (C=O) groups is 2. The van der Waals surface area contributed by atoms with E-state index in [4.69, 9.17) is 19.5 Å². The summed E-state index contributed by atoms with van der Waals surface area (Å²) >= 11 is 0. The third-order valence-electron chi connectivity index (χ3n) is 4.54. The van der Waals surface area contributed by atoms with E-state index >= 15 is 0 Å². The van der Waals surface area contributed by atoms with Crippen molar-refractivity contribution in [3.05, 3.63) is 54.1 Å². The maximum atomic E-state index is 12.3. The SMILES string of the molecule is C[C@@H](OC(=O)COc1ccccc1C#N)C(=O)Nc1ccc(N2CCOCC2)cc1. The van der Waals surface area contributed by atoms with Crippen LogP contribution < -0.4 is 15.0 Å². The molecule has 0 aliphatic carbocycles. The van der Waals surface area contributed by atoms with Crippen molar-refractivity contribution < 1.29 is 23.8 Å². The van der Waals surface area contributed by atoms with E-state index in [1.807, 2.05) is 18.2 Å². The highest BCUT2D eigenvalue weighted by molar-refractivity contribution is 5.95. The summed E-state index contributed by atoms with van der Waals surface area (Å²) in [5.74, 6) is -0.859. The minimum Gasteiger partial charge on any atom is -0.481 e. The lowest BCUT2D eigenvalue weighted by molar-refractivity contribution is -0.155. The second kappa shape index (κ2) is 10.3. The molecule has 2 aromatic rings. The van der Waals surface area contributed by atoms with Crippen molar-refractivity contribution >= 4 is 23.3 Å². The first-order valence-electron chi connectivity index (χ1n) is 9.62. The first-order chi connectivity index (χ1) is 14.6. The number of morpholine rings is 1. The van der Waals surface area contributed by atoms with Gasteiger partial charge in [0.25, 0.3) is 5.91 Å². The fourth-order valence-electron chi connectivity index (χ4n) is 2.93. The molecule has 8 nitrogen and oxygen atoms in total. The minimum absolute atomic E-state index is 0.286. The Balaban J connectivity index is 1.47. The number of rotatable bonds is 7. The monoisotopic (exact) mass is 409 g/mol. The molecule has 1 aliphatic heterocycles. The van der Waals surface area contributed by atoms with E-state index in [-0.39, 0.29) is 5.75 Å². The highest BCUT2D eigenvalue weighted by atomic mass is 16.6. The van der Waals surface area contributed by atoms with Gasteiger partial charge in [0.1, 0.15) is 11.8 Å². The standard InChI is InChI=1S/C22H23N3O5/c1-16(30-21(26)15-29-20-5-3-2-4-17(20)14-23)22(27)24-18-6-8-19(9-7-18)25-10-12-28-13-11-25/h2-9,16H,10-13,15H2,1H3,(H,24,27)/t16-/m1/s1. The van der Waals surface area contributed by atoms with Crippen LogP contribution in [-0.4, -0.2) is 50.9 Å². The molecule has 0 spiro atoms. The van der Waals surface area contributed by atoms with E-state index in [1.165, 1.54) is 6.92 Å². The van der Waals surface area contributed by atoms with Gasteiger partial charge in [0.05, 0.1) is 18.8 Å². The molecule has 1 N–H and O–H groups in total. The van der Waals surface area contributed by atoms with E-state index in [2.05, 4.69) is 10.2 Å². The quantitative estimate of drug-likeness (QED) is 0.701. The molecule has 8 heteroatoms. The van der Waals surface area contributed by atoms with Crippen LogP contribution in [0.2, 0.25) is 0 Å². The van der Waals surface area contributed by atoms with Gasteiger partial charge in [-0.25, -0.2) is 4.79 Å². The molecule has 1 heterocycles. The maximum Gasteiger partial charge on any atom is 0.344 e. The number of benzene rings is 2. The number of amides is 1. The largest absolute Gasteiger partial charge is 0.481 e. The molecular formula is C22H23N3O5. The van der Waals surface area contributed by atoms with Gasteiger partial charge >= 0.3 is 5.97 Å². The molecule has 156 valence electrons. The first-order valence-corrected chi connectivity index (χ1v) is 9.62. The predicted octanol–water partition coefficient (Wildman–Crippen LogP) is 2.34. The molecule has 0 saturated carbocycles. The third-order valence-corrected chi connectivity index (χ3v) is 4.54. The van der Waals surface area contributed by atoms with Crippen molar-refractivity contribution in [2.75, 3.05) is 43.1 Å². The summed E-state index contributed by atoms with van der Waals surface area (Å²) < 4.78 is 15.8. The van der Waals surface area contributed by atoms with E-state index in [9.17, 15) is 9.59 Å². The van der Waals surface area contributed by atoms with Gasteiger partial charge in [-0.15, -0.1) is 0 Å². The number of hydrogen-bond acceptors (Lipinski definition) is 7. The number of esters is 1. The Bertz CT molecular complexity index is 917. The summed E-state index contributed by atoms with van der Waals surface area (Å²) in [6.07, 6.45) is -0.994. The lowest BCUT2D eigenvalue weighted by Gasteiger charge is -2.28. The van der Waals surface area contributed by atoms with Gasteiger partial charge < -0.3 is 24.4 Å². The summed E-state index contributed by atoms with van der Waals surface area (Å²) in [4.78, 5) is 26.5. The van der Waals surface area contributed by atoms with Crippen LogP contribution in [-0.2, 0) is 19.1 Å². The molecule has 0 bridgehead atoms. The molecule has 1 amide bonds. The Morgan fingerprint density at radius 3 is 2.57 bits per heavy atom. The highest BCUT2D eigenvalue weighted by Crippen LogP contribution is 2.19. The molecule has 0 radical (unpaired) electrons. The van der Waals surface area contributed by atoms with Crippen molar-refractivity contribution in [2.45, 2.75) is 13.0 Å². The molecule has 3 rings (SSSR count). The van der Waals surface area contributed by atoms with Gasteiger partial charge in [0.15, 0.2) is 12.7 Å². The van der Waals surface area contributed by atoms with E-state index in [0.29, 0.717) is 24.5 Å². The average molecular weight is 409 g/mol. The molecular weight excluding hydrogens is 386 g/mol. The number of nitrogens with one attached hydrogen (secondary N) is 1. The van der Waals surface area contributed by atoms with E-state index in [0.717, 1.165) is 18.8 Å². The van der Waals surface area contributed by atoms with Crippen LogP contribution in [0.15, 0.2) is 48.5 Å². The van der Waals surface area contributed by atoms with Crippen LogP contribution >= 0.6 is 0 Å². The van der Waals surface area contributed by atoms with E-state index < -0.39 is 24.6 Å². The zero-order valence-corrected chi connectivity index (χ0v) is 16.7. The molecule has 2 aromatic carbocycles. The van der Waals surface area contributed by atoms with Gasteiger partial charge in [0, 0.05) is 24.5 Å². The summed E-state index contributed by atoms with van der Waals surface area (Å²) in [7, 11) is 0. The van der Waals surface area contributed by atoms with Crippen LogP contribution in [0, 0.1) is 11.3 Å². The topological polar surface area (TPSA) is 101 Å². The van der Waals surface area contributed by atoms with Crippen LogP contribution in [0.25, 0.3) is 0 Å². The van der Waals surface area contributed by atoms with Crippen LogP contribution in [0.3, 0.4) is 0 Å². The number of carbonyl (C=O) groups excluding carboxylic acids is 2. The Kier molecular flexibility index (Phi) is 7.24. The van der Waals surface area contributed by atoms with E-state index in [1.54, 1.807) is 36.4 Å². The molecule has 30 heavy (non-hydrogen) atoms. The fourth-order valence-corrected chi connectivity index (χ4v) is 2.93. The Hall–Kier alpha value is -3.57. The van der Waals surface area contributed by atoms with Gasteiger partial charge in [-0.05, 0) is 43.3 Å². The second-order valence-electron chi connectivity index (χ2n) is 6.66. The Morgan fingerprint density at radius 2 is 1.87 bits per heavy atom. The predicted molar refractivity (Wildman–Crippen MR) is 110 cm³/mol. The maximum absolute atomic E-state index is 12.3. The van der Waals surface area contributed by atoms with Crippen molar-refractivity contribution in [1.29, 1.82) is 5.26 Å². The molecule has 0 aromatic heterocycles. The molecule has 1 aliphatic rings. The van der Waals surface area contributed by atoms with Crippen LogP contribution in [0.5, 0.6) is 5.75 Å². The Morgan fingerprint density at radius 1 is 1.17 bits per heavy atom. The number of para-hydroxylation sites is 1. The smallest absolute Gasteiger partial charge is 0.344 e. The summed E-state index contributed by atoms with van der Waals surface area (Å²) in [6.45, 7) is 4.16. The molecule has 1 fully saturated rings. The minimum atomic E-state index is -0.994. The molecule has 1 atom stereocenters. The second-order valence-corrected chi connectivity index (χ2v) is 6.66. The number of nitrogens with zero attached hydrogens (tertiary/aromatic N) is 2. The van der Waals surface area contributed by atoms with Gasteiger partial charge in [-0.3, -0.25) is 4.79 Å². The van der Waals surface area contributed by atoms with Crippen molar-refractivity contribution in [2.24, 2.45) is 0 Å². The van der Waals surface area contributed by atoms with Gasteiger partial charge in [0.2, 0.25) is 0 Å². The van der Waals surface area contributed by atoms with Crippen molar-refractivity contribution in [1.82, 2.24) is 0 Å².